The summed E-state index contributed by atoms with van der Waals surface area (Å²) in [4.78, 5) is 6.42. The Morgan fingerprint density at radius 1 is 1.23 bits per heavy atom. The third-order valence-corrected chi connectivity index (χ3v) is 4.63. The summed E-state index contributed by atoms with van der Waals surface area (Å²) in [5, 5.41) is 8.63. The molecule has 0 aliphatic carbocycles. The number of ether oxygens (including phenoxy) is 1. The molecule has 0 saturated carbocycles. The van der Waals surface area contributed by atoms with Crippen molar-refractivity contribution >= 4 is 0 Å². The summed E-state index contributed by atoms with van der Waals surface area (Å²) in [6.07, 6.45) is 6.39. The Balaban J connectivity index is 1.34. The lowest BCUT2D eigenvalue weighted by molar-refractivity contribution is 0.0867. The Kier molecular flexibility index (Phi) is 5.08. The highest BCUT2D eigenvalue weighted by Crippen LogP contribution is 2.24. The summed E-state index contributed by atoms with van der Waals surface area (Å²) in [5.41, 5.74) is 3.35. The first-order chi connectivity index (χ1) is 12.8. The summed E-state index contributed by atoms with van der Waals surface area (Å²) >= 11 is 0. The number of pyridine rings is 1. The van der Waals surface area contributed by atoms with Crippen LogP contribution in [0.15, 0.2) is 47.4 Å². The molecule has 0 amide bonds. The van der Waals surface area contributed by atoms with Gasteiger partial charge < -0.3 is 9.26 Å². The van der Waals surface area contributed by atoms with Crippen LogP contribution in [0.4, 0.5) is 0 Å². The summed E-state index contributed by atoms with van der Waals surface area (Å²) in [5.74, 6) is 0.850. The maximum absolute atomic E-state index is 5.86. The van der Waals surface area contributed by atoms with E-state index >= 15 is 0 Å². The lowest BCUT2D eigenvalue weighted by Gasteiger charge is -2.33. The van der Waals surface area contributed by atoms with Crippen molar-refractivity contribution in [2.24, 2.45) is 0 Å². The summed E-state index contributed by atoms with van der Waals surface area (Å²) < 4.78 is 13.2. The summed E-state index contributed by atoms with van der Waals surface area (Å²) in [7, 11) is 0. The molecule has 1 aliphatic heterocycles. The second kappa shape index (κ2) is 7.80. The van der Waals surface area contributed by atoms with E-state index < -0.39 is 0 Å². The Labute approximate surface area is 152 Å². The summed E-state index contributed by atoms with van der Waals surface area (Å²) in [6.45, 7) is 5.83. The molecule has 0 spiro atoms. The molecule has 0 radical (unpaired) electrons. The topological polar surface area (TPSA) is 69.2 Å². The molecule has 4 rings (SSSR count). The molecule has 0 aromatic carbocycles. The minimum Gasteiger partial charge on any atom is -0.377 e. The quantitative estimate of drug-likeness (QED) is 0.608. The van der Waals surface area contributed by atoms with Crippen molar-refractivity contribution in [3.63, 3.8) is 0 Å². The fourth-order valence-corrected chi connectivity index (χ4v) is 3.41. The fraction of sp³-hybridized carbons (Fsp3) is 0.421. The predicted octanol–water partition coefficient (Wildman–Crippen LogP) is 2.74. The Bertz CT molecular complexity index is 829. The summed E-state index contributed by atoms with van der Waals surface area (Å²) in [6, 6.07) is 8.35. The first kappa shape index (κ1) is 16.9. The minimum absolute atomic E-state index is 0.305. The van der Waals surface area contributed by atoms with Gasteiger partial charge in [-0.3, -0.25) is 14.6 Å². The molecule has 0 saturated heterocycles. The van der Waals surface area contributed by atoms with E-state index in [1.165, 1.54) is 5.69 Å². The van der Waals surface area contributed by atoms with Gasteiger partial charge >= 0.3 is 0 Å². The monoisotopic (exact) mass is 353 g/mol. The molecule has 0 fully saturated rings. The van der Waals surface area contributed by atoms with Crippen molar-refractivity contribution in [1.29, 1.82) is 0 Å². The Morgan fingerprint density at radius 2 is 2.12 bits per heavy atom. The minimum atomic E-state index is 0.305. The maximum Gasteiger partial charge on any atom is 0.133 e. The number of nitrogens with zero attached hydrogens (tertiary/aromatic N) is 5. The molecule has 0 bridgehead atoms. The molecule has 1 atom stereocenters. The van der Waals surface area contributed by atoms with Gasteiger partial charge in [0.05, 0.1) is 24.0 Å². The molecule has 7 nitrogen and oxygen atoms in total. The van der Waals surface area contributed by atoms with Crippen molar-refractivity contribution in [3.8, 4) is 0 Å². The van der Waals surface area contributed by atoms with Crippen LogP contribution in [0.5, 0.6) is 0 Å². The molecule has 1 aliphatic rings. The highest BCUT2D eigenvalue weighted by molar-refractivity contribution is 5.09. The number of aromatic nitrogens is 4. The molecule has 3 aromatic heterocycles. The number of hydrogen-bond acceptors (Lipinski definition) is 6. The van der Waals surface area contributed by atoms with Gasteiger partial charge in [-0.2, -0.15) is 5.10 Å². The standard InChI is InChI=1S/C19H23N5O2/c1-15-10-17(22-26-15)11-23-12-18-4-8-21-24(18)19(13-23)5-9-25-14-16-2-6-20-7-3-16/h2-4,6-8,10,19H,5,9,11-14H2,1H3/t19-/m0/s1. The number of hydrogen-bond donors (Lipinski definition) is 0. The van der Waals surface area contributed by atoms with E-state index in [4.69, 9.17) is 9.26 Å². The number of aryl methyl sites for hydroxylation is 1. The van der Waals surface area contributed by atoms with Gasteiger partial charge in [0.15, 0.2) is 0 Å². The van der Waals surface area contributed by atoms with Gasteiger partial charge in [-0.25, -0.2) is 0 Å². The number of fused-ring (bicyclic) bond motifs is 1. The molecule has 136 valence electrons. The van der Waals surface area contributed by atoms with Crippen LogP contribution in [0.1, 0.15) is 35.2 Å². The van der Waals surface area contributed by atoms with Gasteiger partial charge in [0, 0.05) is 50.9 Å². The van der Waals surface area contributed by atoms with Crippen LogP contribution in [0.2, 0.25) is 0 Å². The predicted molar refractivity (Wildman–Crippen MR) is 95.1 cm³/mol. The molecule has 3 aromatic rings. The highest BCUT2D eigenvalue weighted by atomic mass is 16.5. The Morgan fingerprint density at radius 3 is 2.92 bits per heavy atom. The van der Waals surface area contributed by atoms with Crippen LogP contribution >= 0.6 is 0 Å². The van der Waals surface area contributed by atoms with Crippen molar-refractivity contribution in [1.82, 2.24) is 24.8 Å². The lowest BCUT2D eigenvalue weighted by Crippen LogP contribution is -2.37. The van der Waals surface area contributed by atoms with Crippen LogP contribution in [-0.4, -0.2) is 38.0 Å². The maximum atomic E-state index is 5.86. The zero-order valence-electron chi connectivity index (χ0n) is 14.9. The van der Waals surface area contributed by atoms with E-state index in [1.807, 2.05) is 31.3 Å². The van der Waals surface area contributed by atoms with E-state index in [9.17, 15) is 0 Å². The van der Waals surface area contributed by atoms with Crippen molar-refractivity contribution < 1.29 is 9.26 Å². The third kappa shape index (κ3) is 4.00. The van der Waals surface area contributed by atoms with Crippen molar-refractivity contribution in [2.75, 3.05) is 13.2 Å². The smallest absolute Gasteiger partial charge is 0.133 e. The molecule has 26 heavy (non-hydrogen) atoms. The SMILES string of the molecule is Cc1cc(CN2Cc3ccnn3[C@@H](CCOCc3ccncc3)C2)no1. The van der Waals surface area contributed by atoms with Gasteiger partial charge in [0.1, 0.15) is 5.76 Å². The lowest BCUT2D eigenvalue weighted by atomic mass is 10.1. The van der Waals surface area contributed by atoms with E-state index in [0.29, 0.717) is 19.3 Å². The van der Waals surface area contributed by atoms with E-state index in [0.717, 1.165) is 43.1 Å². The fourth-order valence-electron chi connectivity index (χ4n) is 3.41. The largest absolute Gasteiger partial charge is 0.377 e. The van der Waals surface area contributed by atoms with Crippen LogP contribution in [-0.2, 0) is 24.4 Å². The first-order valence-electron chi connectivity index (χ1n) is 8.91. The average Bonchev–Trinajstić information content (AvgIpc) is 3.28. The van der Waals surface area contributed by atoms with Gasteiger partial charge in [-0.15, -0.1) is 0 Å². The van der Waals surface area contributed by atoms with Crippen LogP contribution in [0, 0.1) is 6.92 Å². The second-order valence-corrected chi connectivity index (χ2v) is 6.72. The van der Waals surface area contributed by atoms with Crippen LogP contribution in [0.3, 0.4) is 0 Å². The molecule has 0 N–H and O–H groups in total. The Hall–Kier alpha value is -2.51. The van der Waals surface area contributed by atoms with Gasteiger partial charge in [0.25, 0.3) is 0 Å². The first-order valence-corrected chi connectivity index (χ1v) is 8.91. The van der Waals surface area contributed by atoms with Crippen LogP contribution in [0.25, 0.3) is 0 Å². The van der Waals surface area contributed by atoms with Crippen molar-refractivity contribution in [3.05, 3.63) is 65.6 Å². The van der Waals surface area contributed by atoms with Crippen LogP contribution < -0.4 is 0 Å². The zero-order chi connectivity index (χ0) is 17.8. The van der Waals surface area contributed by atoms with Crippen molar-refractivity contribution in [2.45, 2.75) is 39.1 Å². The van der Waals surface area contributed by atoms with E-state index in [2.05, 4.69) is 30.9 Å². The van der Waals surface area contributed by atoms with Gasteiger partial charge in [-0.05, 0) is 37.1 Å². The van der Waals surface area contributed by atoms with Gasteiger partial charge in [-0.1, -0.05) is 5.16 Å². The molecular formula is C19H23N5O2. The van der Waals surface area contributed by atoms with E-state index in [1.54, 1.807) is 12.4 Å². The molecule has 7 heteroatoms. The number of rotatable bonds is 7. The average molecular weight is 353 g/mol. The van der Waals surface area contributed by atoms with Gasteiger partial charge in [0.2, 0.25) is 0 Å². The molecule has 0 unspecified atom stereocenters. The zero-order valence-corrected chi connectivity index (χ0v) is 14.9. The molecule has 4 heterocycles. The molecular weight excluding hydrogens is 330 g/mol. The highest BCUT2D eigenvalue weighted by Gasteiger charge is 2.26. The van der Waals surface area contributed by atoms with E-state index in [-0.39, 0.29) is 0 Å². The normalized spacial score (nSPS) is 17.3. The third-order valence-electron chi connectivity index (χ3n) is 4.63. The second-order valence-electron chi connectivity index (χ2n) is 6.72.